The predicted molar refractivity (Wildman–Crippen MR) is 165 cm³/mol. The summed E-state index contributed by atoms with van der Waals surface area (Å²) in [7, 11) is 1.66. The van der Waals surface area contributed by atoms with Crippen LogP contribution in [0.15, 0.2) is 65.7 Å². The number of fused-ring (bicyclic) bond motifs is 1. The third-order valence-corrected chi connectivity index (χ3v) is 9.25. The lowest BCUT2D eigenvalue weighted by atomic mass is 9.98. The van der Waals surface area contributed by atoms with Crippen molar-refractivity contribution < 1.29 is 19.2 Å². The van der Waals surface area contributed by atoms with E-state index in [1.165, 1.54) is 0 Å². The van der Waals surface area contributed by atoms with Crippen LogP contribution in [0.2, 0.25) is 0 Å². The summed E-state index contributed by atoms with van der Waals surface area (Å²) in [5, 5.41) is 6.10. The summed E-state index contributed by atoms with van der Waals surface area (Å²) in [6.45, 7) is 2.12. The van der Waals surface area contributed by atoms with Crippen molar-refractivity contribution in [2.24, 2.45) is 10.9 Å². The standard InChI is InChI=1S/C34H43N5O4/c1-23(35-2)32(41)36-28-22-38(30(40)21-24-11-9-10-12-24)20-19-27-17-18-29(39(27)34(28)43)33(42)37-31(25-13-5-3-6-14-25)26-15-7-4-8-16-26/h3-8,13-16,23-24,27,29,31,35H,9-12,17-22H2,1-2H3,(H,37,42)/t23-,27+,29-/m0/s1. The van der Waals surface area contributed by atoms with Crippen molar-refractivity contribution in [2.45, 2.75) is 82.5 Å². The van der Waals surface area contributed by atoms with Crippen LogP contribution in [0.4, 0.5) is 0 Å². The molecule has 3 aliphatic rings. The molecule has 0 bridgehead atoms. The average molecular weight is 586 g/mol. The molecule has 3 fully saturated rings. The molecule has 0 aromatic heterocycles. The lowest BCUT2D eigenvalue weighted by Gasteiger charge is -2.36. The largest absolute Gasteiger partial charge is 0.343 e. The van der Waals surface area contributed by atoms with Gasteiger partial charge in [0.2, 0.25) is 11.8 Å². The maximum absolute atomic E-state index is 14.2. The number of likely N-dealkylation sites (N-methyl/N-ethyl adjacent to an activating group) is 1. The van der Waals surface area contributed by atoms with E-state index in [1.807, 2.05) is 60.7 Å². The summed E-state index contributed by atoms with van der Waals surface area (Å²) in [6, 6.07) is 17.7. The fourth-order valence-corrected chi connectivity index (χ4v) is 6.64. The van der Waals surface area contributed by atoms with Crippen LogP contribution in [0.5, 0.6) is 0 Å². The Balaban J connectivity index is 1.40. The maximum atomic E-state index is 14.2. The molecule has 1 aliphatic carbocycles. The van der Waals surface area contributed by atoms with Gasteiger partial charge in [0.05, 0.1) is 18.6 Å². The molecule has 228 valence electrons. The van der Waals surface area contributed by atoms with Gasteiger partial charge >= 0.3 is 0 Å². The van der Waals surface area contributed by atoms with E-state index in [1.54, 1.807) is 23.8 Å². The fourth-order valence-electron chi connectivity index (χ4n) is 6.64. The number of carbonyl (C=O) groups is 4. The smallest absolute Gasteiger partial charge is 0.271 e. The number of hydrogen-bond donors (Lipinski definition) is 2. The summed E-state index contributed by atoms with van der Waals surface area (Å²) in [6.07, 6.45) is 6.59. The van der Waals surface area contributed by atoms with Gasteiger partial charge in [0.1, 0.15) is 11.8 Å². The Labute approximate surface area is 254 Å². The Kier molecular flexibility index (Phi) is 10.0. The van der Waals surface area contributed by atoms with Crippen molar-refractivity contribution >= 4 is 29.3 Å². The van der Waals surface area contributed by atoms with Crippen LogP contribution in [-0.4, -0.2) is 77.4 Å². The number of nitrogens with one attached hydrogen (secondary N) is 2. The van der Waals surface area contributed by atoms with Crippen LogP contribution in [0.1, 0.15) is 75.5 Å². The second-order valence-corrected chi connectivity index (χ2v) is 12.1. The molecule has 9 nitrogen and oxygen atoms in total. The van der Waals surface area contributed by atoms with E-state index >= 15 is 0 Å². The molecule has 0 spiro atoms. The molecule has 3 atom stereocenters. The molecule has 5 rings (SSSR count). The molecule has 2 heterocycles. The lowest BCUT2D eigenvalue weighted by Crippen LogP contribution is -2.56. The zero-order valence-corrected chi connectivity index (χ0v) is 25.2. The van der Waals surface area contributed by atoms with Gasteiger partial charge in [0.15, 0.2) is 0 Å². The summed E-state index contributed by atoms with van der Waals surface area (Å²) < 4.78 is 0. The first-order valence-corrected chi connectivity index (χ1v) is 15.6. The van der Waals surface area contributed by atoms with Gasteiger partial charge in [-0.25, -0.2) is 4.99 Å². The van der Waals surface area contributed by atoms with E-state index in [0.29, 0.717) is 38.1 Å². The number of rotatable bonds is 8. The van der Waals surface area contributed by atoms with E-state index in [9.17, 15) is 19.2 Å². The van der Waals surface area contributed by atoms with Crippen molar-refractivity contribution in [1.82, 2.24) is 20.4 Å². The minimum absolute atomic E-state index is 0.0100. The van der Waals surface area contributed by atoms with Crippen molar-refractivity contribution in [1.29, 1.82) is 0 Å². The van der Waals surface area contributed by atoms with Gasteiger partial charge in [0.25, 0.3) is 11.8 Å². The molecule has 0 unspecified atom stereocenters. The van der Waals surface area contributed by atoms with Gasteiger partial charge in [-0.05, 0) is 63.1 Å². The van der Waals surface area contributed by atoms with Crippen LogP contribution in [-0.2, 0) is 19.2 Å². The van der Waals surface area contributed by atoms with Crippen LogP contribution < -0.4 is 10.6 Å². The Bertz CT molecular complexity index is 1290. The number of hydrogen-bond acceptors (Lipinski definition) is 5. The van der Waals surface area contributed by atoms with Gasteiger partial charge < -0.3 is 20.4 Å². The third kappa shape index (κ3) is 7.21. The Morgan fingerprint density at radius 1 is 0.907 bits per heavy atom. The molecule has 1 saturated carbocycles. The molecule has 43 heavy (non-hydrogen) atoms. The molecule has 2 aromatic carbocycles. The Morgan fingerprint density at radius 2 is 1.53 bits per heavy atom. The zero-order valence-electron chi connectivity index (χ0n) is 25.2. The average Bonchev–Trinajstić information content (AvgIpc) is 3.70. The van der Waals surface area contributed by atoms with Crippen LogP contribution >= 0.6 is 0 Å². The zero-order chi connectivity index (χ0) is 30.3. The highest BCUT2D eigenvalue weighted by atomic mass is 16.2. The molecule has 2 N–H and O–H groups in total. The summed E-state index contributed by atoms with van der Waals surface area (Å²) >= 11 is 0. The molecule has 4 amide bonds. The number of carbonyl (C=O) groups excluding carboxylic acids is 4. The fraction of sp³-hybridized carbons (Fsp3) is 0.500. The number of amides is 4. The Hall–Kier alpha value is -3.85. The van der Waals surface area contributed by atoms with Crippen LogP contribution in [0.25, 0.3) is 0 Å². The van der Waals surface area contributed by atoms with Crippen molar-refractivity contribution in [3.05, 3.63) is 71.8 Å². The van der Waals surface area contributed by atoms with E-state index < -0.39 is 23.9 Å². The second kappa shape index (κ2) is 14.1. The third-order valence-electron chi connectivity index (χ3n) is 9.25. The minimum atomic E-state index is -0.699. The molecule has 9 heteroatoms. The van der Waals surface area contributed by atoms with Crippen LogP contribution in [0, 0.1) is 5.92 Å². The first-order valence-electron chi connectivity index (χ1n) is 15.6. The molecule has 2 saturated heterocycles. The highest BCUT2D eigenvalue weighted by Gasteiger charge is 2.44. The number of aliphatic imine (C=N–C) groups is 1. The number of nitrogens with zero attached hydrogens (tertiary/aromatic N) is 3. The van der Waals surface area contributed by atoms with E-state index in [4.69, 9.17) is 0 Å². The SMILES string of the molecule is CN[C@@H](C)C(=O)N=C1CN(C(=O)CC2CCCC2)CC[C@H]2CC[C@@H](C(=O)NC(c3ccccc3)c3ccccc3)N2C1=O. The van der Waals surface area contributed by atoms with Gasteiger partial charge in [-0.3, -0.25) is 19.2 Å². The summed E-state index contributed by atoms with van der Waals surface area (Å²) in [5.74, 6) is -0.764. The molecular weight excluding hydrogens is 542 g/mol. The van der Waals surface area contributed by atoms with Gasteiger partial charge in [-0.1, -0.05) is 73.5 Å². The highest BCUT2D eigenvalue weighted by molar-refractivity contribution is 6.42. The van der Waals surface area contributed by atoms with Gasteiger partial charge in [0, 0.05) is 19.0 Å². The van der Waals surface area contributed by atoms with E-state index in [2.05, 4.69) is 15.6 Å². The first kappa shape index (κ1) is 30.6. The Morgan fingerprint density at radius 3 is 2.14 bits per heavy atom. The van der Waals surface area contributed by atoms with Gasteiger partial charge in [-0.15, -0.1) is 0 Å². The first-order chi connectivity index (χ1) is 20.9. The lowest BCUT2D eigenvalue weighted by molar-refractivity contribution is -0.138. The molecule has 2 aromatic rings. The number of benzene rings is 2. The summed E-state index contributed by atoms with van der Waals surface area (Å²) in [4.78, 5) is 62.0. The monoisotopic (exact) mass is 585 g/mol. The maximum Gasteiger partial charge on any atom is 0.271 e. The normalized spacial score (nSPS) is 22.8. The highest BCUT2D eigenvalue weighted by Crippen LogP contribution is 2.32. The van der Waals surface area contributed by atoms with Gasteiger partial charge in [-0.2, -0.15) is 0 Å². The van der Waals surface area contributed by atoms with Crippen molar-refractivity contribution in [2.75, 3.05) is 20.1 Å². The second-order valence-electron chi connectivity index (χ2n) is 12.1. The quantitative estimate of drug-likeness (QED) is 0.492. The molecule has 2 aliphatic heterocycles. The van der Waals surface area contributed by atoms with E-state index in [0.717, 1.165) is 36.8 Å². The summed E-state index contributed by atoms with van der Waals surface area (Å²) in [5.41, 5.74) is 1.92. The van der Waals surface area contributed by atoms with Crippen molar-refractivity contribution in [3.8, 4) is 0 Å². The van der Waals surface area contributed by atoms with Crippen LogP contribution in [0.3, 0.4) is 0 Å². The minimum Gasteiger partial charge on any atom is -0.343 e. The van der Waals surface area contributed by atoms with E-state index in [-0.39, 0.29) is 36.2 Å². The topological polar surface area (TPSA) is 111 Å². The van der Waals surface area contributed by atoms with Crippen molar-refractivity contribution in [3.63, 3.8) is 0 Å². The predicted octanol–water partition coefficient (Wildman–Crippen LogP) is 3.64. The molecular formula is C34H43N5O4. The molecule has 0 radical (unpaired) electrons.